The molecule has 1 aliphatic rings. The van der Waals surface area contributed by atoms with Crippen molar-refractivity contribution in [1.82, 2.24) is 24.6 Å². The number of rotatable bonds is 5. The number of hydrogen-bond acceptors (Lipinski definition) is 5. The highest BCUT2D eigenvalue weighted by Gasteiger charge is 2.31. The van der Waals surface area contributed by atoms with Crippen molar-refractivity contribution in [1.29, 1.82) is 0 Å². The van der Waals surface area contributed by atoms with Crippen molar-refractivity contribution in [3.63, 3.8) is 0 Å². The molecule has 3 heterocycles. The molecule has 134 valence electrons. The van der Waals surface area contributed by atoms with Crippen LogP contribution in [0.15, 0.2) is 42.7 Å². The number of likely N-dealkylation sites (tertiary alicyclic amines) is 1. The second-order valence-electron chi connectivity index (χ2n) is 6.61. The molecule has 0 radical (unpaired) electrons. The Morgan fingerprint density at radius 2 is 2.00 bits per heavy atom. The van der Waals surface area contributed by atoms with E-state index in [0.717, 1.165) is 35.4 Å². The molecular weight excluding hydrogens is 328 g/mol. The van der Waals surface area contributed by atoms with Crippen molar-refractivity contribution in [3.8, 4) is 0 Å². The molecule has 7 nitrogen and oxygen atoms in total. The Balaban J connectivity index is 1.52. The summed E-state index contributed by atoms with van der Waals surface area (Å²) in [5.41, 5.74) is 9.25. The van der Waals surface area contributed by atoms with Gasteiger partial charge in [0.2, 0.25) is 5.91 Å². The van der Waals surface area contributed by atoms with E-state index >= 15 is 0 Å². The van der Waals surface area contributed by atoms with Gasteiger partial charge >= 0.3 is 0 Å². The number of carbonyl (C=O) groups excluding carboxylic acids is 1. The van der Waals surface area contributed by atoms with Crippen molar-refractivity contribution >= 4 is 17.1 Å². The number of amides is 1. The van der Waals surface area contributed by atoms with Gasteiger partial charge in [0, 0.05) is 37.9 Å². The van der Waals surface area contributed by atoms with Crippen LogP contribution >= 0.6 is 0 Å². The van der Waals surface area contributed by atoms with Crippen LogP contribution in [0.1, 0.15) is 23.6 Å². The van der Waals surface area contributed by atoms with E-state index in [4.69, 9.17) is 10.8 Å². The average Bonchev–Trinajstić information content (AvgIpc) is 3.28. The summed E-state index contributed by atoms with van der Waals surface area (Å²) in [5, 5.41) is 4.71. The molecule has 1 aliphatic heterocycles. The molecule has 4 rings (SSSR count). The Morgan fingerprint density at radius 1 is 1.19 bits per heavy atom. The van der Waals surface area contributed by atoms with Crippen molar-refractivity contribution in [3.05, 3.63) is 54.0 Å². The van der Waals surface area contributed by atoms with Crippen LogP contribution in [0.25, 0.3) is 11.2 Å². The molecule has 0 bridgehead atoms. The standard InChI is InChI=1S/C19H22N6O/c20-7-11-25-19-18(21-8-9-22-19)17(23-25)15-6-10-24(13-15)16(26)12-14-4-2-1-3-5-14/h1-5,8-9,15H,6-7,10-13,20H2/t15-/m1/s1. The van der Waals surface area contributed by atoms with Gasteiger partial charge in [0.1, 0.15) is 5.52 Å². The molecule has 1 atom stereocenters. The van der Waals surface area contributed by atoms with Crippen LogP contribution in [0.4, 0.5) is 0 Å². The van der Waals surface area contributed by atoms with Gasteiger partial charge in [0.15, 0.2) is 5.65 Å². The third-order valence-corrected chi connectivity index (χ3v) is 4.86. The van der Waals surface area contributed by atoms with E-state index in [1.165, 1.54) is 0 Å². The van der Waals surface area contributed by atoms with Gasteiger partial charge in [-0.1, -0.05) is 30.3 Å². The molecule has 0 aliphatic carbocycles. The summed E-state index contributed by atoms with van der Waals surface area (Å²) in [4.78, 5) is 23.4. The van der Waals surface area contributed by atoms with Crippen LogP contribution in [0.5, 0.6) is 0 Å². The molecular formula is C19H22N6O. The second kappa shape index (κ2) is 7.21. The second-order valence-corrected chi connectivity index (χ2v) is 6.61. The van der Waals surface area contributed by atoms with Crippen molar-refractivity contribution in [2.24, 2.45) is 5.73 Å². The quantitative estimate of drug-likeness (QED) is 0.750. The minimum Gasteiger partial charge on any atom is -0.342 e. The van der Waals surface area contributed by atoms with Crippen molar-refractivity contribution in [2.45, 2.75) is 25.3 Å². The van der Waals surface area contributed by atoms with Crippen LogP contribution in [0, 0.1) is 0 Å². The summed E-state index contributed by atoms with van der Waals surface area (Å²) in [6, 6.07) is 9.87. The zero-order chi connectivity index (χ0) is 17.9. The largest absolute Gasteiger partial charge is 0.342 e. The lowest BCUT2D eigenvalue weighted by Gasteiger charge is -2.16. The maximum atomic E-state index is 12.6. The molecule has 2 aromatic heterocycles. The SMILES string of the molecule is NCCn1nc([C@@H]2CCN(C(=O)Cc3ccccc3)C2)c2nccnc21. The van der Waals surface area contributed by atoms with Crippen LogP contribution in [0.3, 0.4) is 0 Å². The molecule has 1 aromatic carbocycles. The summed E-state index contributed by atoms with van der Waals surface area (Å²) >= 11 is 0. The first-order chi connectivity index (χ1) is 12.8. The topological polar surface area (TPSA) is 89.9 Å². The Bertz CT molecular complexity index is 907. The molecule has 3 aromatic rings. The maximum Gasteiger partial charge on any atom is 0.227 e. The van der Waals surface area contributed by atoms with Crippen LogP contribution in [-0.2, 0) is 17.8 Å². The normalized spacial score (nSPS) is 17.1. The number of hydrogen-bond donors (Lipinski definition) is 1. The lowest BCUT2D eigenvalue weighted by Crippen LogP contribution is -2.29. The molecule has 1 saturated heterocycles. The van der Waals surface area contributed by atoms with Gasteiger partial charge in [0.05, 0.1) is 18.7 Å². The fourth-order valence-electron chi connectivity index (χ4n) is 3.57. The molecule has 0 saturated carbocycles. The lowest BCUT2D eigenvalue weighted by molar-refractivity contribution is -0.129. The van der Waals surface area contributed by atoms with Crippen LogP contribution in [0.2, 0.25) is 0 Å². The molecule has 2 N–H and O–H groups in total. The molecule has 0 unspecified atom stereocenters. The monoisotopic (exact) mass is 350 g/mol. The first-order valence-corrected chi connectivity index (χ1v) is 8.95. The van der Waals surface area contributed by atoms with Gasteiger partial charge in [-0.05, 0) is 12.0 Å². The fraction of sp³-hybridized carbons (Fsp3) is 0.368. The molecule has 1 amide bonds. The Labute approximate surface area is 151 Å². The average molecular weight is 350 g/mol. The summed E-state index contributed by atoms with van der Waals surface area (Å²) < 4.78 is 1.83. The van der Waals surface area contributed by atoms with Crippen molar-refractivity contribution < 1.29 is 4.79 Å². The third-order valence-electron chi connectivity index (χ3n) is 4.86. The number of nitrogens with zero attached hydrogens (tertiary/aromatic N) is 5. The molecule has 0 spiro atoms. The summed E-state index contributed by atoms with van der Waals surface area (Å²) in [6.07, 6.45) is 4.69. The number of benzene rings is 1. The van der Waals surface area contributed by atoms with Gasteiger partial charge < -0.3 is 10.6 Å². The van der Waals surface area contributed by atoms with Crippen molar-refractivity contribution in [2.75, 3.05) is 19.6 Å². The summed E-state index contributed by atoms with van der Waals surface area (Å²) in [6.45, 7) is 2.54. The van der Waals surface area contributed by atoms with E-state index < -0.39 is 0 Å². The Morgan fingerprint density at radius 3 is 2.81 bits per heavy atom. The lowest BCUT2D eigenvalue weighted by atomic mass is 10.0. The zero-order valence-corrected chi connectivity index (χ0v) is 14.6. The summed E-state index contributed by atoms with van der Waals surface area (Å²) in [5.74, 6) is 0.350. The number of carbonyl (C=O) groups is 1. The minimum atomic E-state index is 0.162. The van der Waals surface area contributed by atoms with Gasteiger partial charge in [0.25, 0.3) is 0 Å². The van der Waals surface area contributed by atoms with Gasteiger partial charge in [-0.2, -0.15) is 5.10 Å². The fourth-order valence-corrected chi connectivity index (χ4v) is 3.57. The smallest absolute Gasteiger partial charge is 0.227 e. The number of nitrogens with two attached hydrogens (primary N) is 1. The van der Waals surface area contributed by atoms with E-state index in [1.54, 1.807) is 12.4 Å². The first-order valence-electron chi connectivity index (χ1n) is 8.95. The van der Waals surface area contributed by atoms with E-state index in [2.05, 4.69) is 9.97 Å². The predicted octanol–water partition coefficient (Wildman–Crippen LogP) is 1.34. The minimum absolute atomic E-state index is 0.162. The zero-order valence-electron chi connectivity index (χ0n) is 14.6. The highest BCUT2D eigenvalue weighted by atomic mass is 16.2. The molecule has 26 heavy (non-hydrogen) atoms. The van der Waals surface area contributed by atoms with Gasteiger partial charge in [-0.3, -0.25) is 4.79 Å². The highest BCUT2D eigenvalue weighted by Crippen LogP contribution is 2.30. The van der Waals surface area contributed by atoms with E-state index in [1.807, 2.05) is 39.9 Å². The van der Waals surface area contributed by atoms with E-state index in [0.29, 0.717) is 26.1 Å². The maximum absolute atomic E-state index is 12.6. The van der Waals surface area contributed by atoms with Gasteiger partial charge in [-0.15, -0.1) is 0 Å². The highest BCUT2D eigenvalue weighted by molar-refractivity contribution is 5.79. The predicted molar refractivity (Wildman–Crippen MR) is 98.5 cm³/mol. The summed E-state index contributed by atoms with van der Waals surface area (Å²) in [7, 11) is 0. The Hall–Kier alpha value is -2.80. The van der Waals surface area contributed by atoms with Crippen LogP contribution < -0.4 is 5.73 Å². The van der Waals surface area contributed by atoms with E-state index in [9.17, 15) is 4.79 Å². The Kier molecular flexibility index (Phi) is 4.62. The molecule has 7 heteroatoms. The van der Waals surface area contributed by atoms with Gasteiger partial charge in [-0.25, -0.2) is 14.6 Å². The first kappa shape index (κ1) is 16.7. The number of fused-ring (bicyclic) bond motifs is 1. The van der Waals surface area contributed by atoms with E-state index in [-0.39, 0.29) is 11.8 Å². The molecule has 1 fully saturated rings. The third kappa shape index (κ3) is 3.17. The van der Waals surface area contributed by atoms with Crippen LogP contribution in [-0.4, -0.2) is 50.2 Å². The number of aromatic nitrogens is 4.